The Morgan fingerprint density at radius 2 is 1.95 bits per heavy atom. The maximum Gasteiger partial charge on any atom is 0.311 e. The van der Waals surface area contributed by atoms with Crippen molar-refractivity contribution in [2.45, 2.75) is 6.92 Å². The summed E-state index contributed by atoms with van der Waals surface area (Å²) in [6, 6.07) is 9.44. The molecule has 0 aliphatic rings. The molecule has 0 aliphatic heterocycles. The molecule has 102 valence electrons. The summed E-state index contributed by atoms with van der Waals surface area (Å²) in [5, 5.41) is 11.0. The molecule has 0 amide bonds. The Kier molecular flexibility index (Phi) is 4.14. The maximum atomic E-state index is 11.0. The van der Waals surface area contributed by atoms with Gasteiger partial charge in [-0.15, -0.1) is 0 Å². The average molecular weight is 336 g/mol. The van der Waals surface area contributed by atoms with Gasteiger partial charge < -0.3 is 4.74 Å². The van der Waals surface area contributed by atoms with Crippen LogP contribution in [0.5, 0.6) is 11.5 Å². The lowest BCUT2D eigenvalue weighted by Crippen LogP contribution is -1.96. The number of benzene rings is 2. The third-order valence-electron chi connectivity index (χ3n) is 2.63. The van der Waals surface area contributed by atoms with E-state index in [0.29, 0.717) is 16.3 Å². The smallest absolute Gasteiger partial charge is 0.311 e. The number of hydrogen-bond donors (Lipinski definition) is 0. The van der Waals surface area contributed by atoms with Crippen LogP contribution in [-0.2, 0) is 0 Å². The first-order valence-electron chi connectivity index (χ1n) is 5.69. The van der Waals surface area contributed by atoms with Gasteiger partial charge in [0.05, 0.1) is 10.5 Å². The molecule has 0 aromatic heterocycles. The number of halogens is 1. The molecular weight excluding hydrogens is 326 g/mol. The normalized spacial score (nSPS) is 10.1. The fourth-order valence-corrected chi connectivity index (χ4v) is 2.01. The third kappa shape index (κ3) is 3.03. The number of aldehydes is 1. The van der Waals surface area contributed by atoms with Crippen LogP contribution in [-0.4, -0.2) is 11.2 Å². The fourth-order valence-electron chi connectivity index (χ4n) is 1.67. The summed E-state index contributed by atoms with van der Waals surface area (Å²) >= 11 is 3.27. The molecule has 0 aliphatic carbocycles. The average Bonchev–Trinajstić information content (AvgIpc) is 2.38. The quantitative estimate of drug-likeness (QED) is 0.475. The Hall–Kier alpha value is -2.21. The number of hydrogen-bond acceptors (Lipinski definition) is 4. The number of carbonyl (C=O) groups is 1. The summed E-state index contributed by atoms with van der Waals surface area (Å²) in [6.07, 6.45) is 0.642. The fraction of sp³-hybridized carbons (Fsp3) is 0.0714. The van der Waals surface area contributed by atoms with E-state index >= 15 is 0 Å². The first-order valence-corrected chi connectivity index (χ1v) is 6.48. The van der Waals surface area contributed by atoms with Gasteiger partial charge in [-0.05, 0) is 36.8 Å². The highest BCUT2D eigenvalue weighted by atomic mass is 79.9. The van der Waals surface area contributed by atoms with Crippen molar-refractivity contribution in [3.05, 3.63) is 62.1 Å². The SMILES string of the molecule is Cc1ccc([N+](=O)[O-])c(Oc2cc(Br)ccc2C=O)c1. The molecule has 20 heavy (non-hydrogen) atoms. The highest BCUT2D eigenvalue weighted by Crippen LogP contribution is 2.34. The van der Waals surface area contributed by atoms with Crippen LogP contribution in [0.4, 0.5) is 5.69 Å². The Balaban J connectivity index is 2.49. The van der Waals surface area contributed by atoms with Gasteiger partial charge in [0.2, 0.25) is 5.75 Å². The van der Waals surface area contributed by atoms with Crippen LogP contribution in [0.2, 0.25) is 0 Å². The Labute approximate surface area is 123 Å². The molecule has 0 fully saturated rings. The number of carbonyl (C=O) groups excluding carboxylic acids is 1. The molecule has 0 unspecified atom stereocenters. The minimum Gasteiger partial charge on any atom is -0.449 e. The minimum atomic E-state index is -0.520. The molecule has 0 atom stereocenters. The van der Waals surface area contributed by atoms with Gasteiger partial charge in [-0.2, -0.15) is 0 Å². The number of rotatable bonds is 4. The zero-order valence-electron chi connectivity index (χ0n) is 10.5. The van der Waals surface area contributed by atoms with Gasteiger partial charge in [-0.3, -0.25) is 14.9 Å². The van der Waals surface area contributed by atoms with Crippen molar-refractivity contribution in [2.75, 3.05) is 0 Å². The zero-order chi connectivity index (χ0) is 14.7. The second-order valence-electron chi connectivity index (χ2n) is 4.13. The molecule has 0 saturated carbocycles. The lowest BCUT2D eigenvalue weighted by molar-refractivity contribution is -0.385. The Bertz CT molecular complexity index is 685. The number of aryl methyl sites for hydroxylation is 1. The van der Waals surface area contributed by atoms with Crippen molar-refractivity contribution < 1.29 is 14.5 Å². The van der Waals surface area contributed by atoms with Gasteiger partial charge in [0.1, 0.15) is 5.75 Å². The van der Waals surface area contributed by atoms with E-state index in [4.69, 9.17) is 4.74 Å². The topological polar surface area (TPSA) is 69.4 Å². The maximum absolute atomic E-state index is 11.0. The van der Waals surface area contributed by atoms with E-state index < -0.39 is 4.92 Å². The second-order valence-corrected chi connectivity index (χ2v) is 5.05. The summed E-state index contributed by atoms with van der Waals surface area (Å²) in [4.78, 5) is 21.5. The van der Waals surface area contributed by atoms with Crippen molar-refractivity contribution in [1.29, 1.82) is 0 Å². The lowest BCUT2D eigenvalue weighted by Gasteiger charge is -2.09. The van der Waals surface area contributed by atoms with Crippen LogP contribution in [0.1, 0.15) is 15.9 Å². The molecule has 6 heteroatoms. The lowest BCUT2D eigenvalue weighted by atomic mass is 10.2. The third-order valence-corrected chi connectivity index (χ3v) is 3.13. The predicted molar refractivity (Wildman–Crippen MR) is 77.4 cm³/mol. The summed E-state index contributed by atoms with van der Waals surface area (Å²) in [5.74, 6) is 0.374. The van der Waals surface area contributed by atoms with Crippen LogP contribution >= 0.6 is 15.9 Å². The molecule has 0 saturated heterocycles. The second kappa shape index (κ2) is 5.83. The molecule has 0 spiro atoms. The highest BCUT2D eigenvalue weighted by Gasteiger charge is 2.17. The van der Waals surface area contributed by atoms with Gasteiger partial charge in [-0.1, -0.05) is 22.0 Å². The molecule has 2 aromatic rings. The molecule has 5 nitrogen and oxygen atoms in total. The van der Waals surface area contributed by atoms with Crippen LogP contribution in [0, 0.1) is 17.0 Å². The number of nitro groups is 1. The molecule has 0 N–H and O–H groups in total. The van der Waals surface area contributed by atoms with Gasteiger partial charge in [0, 0.05) is 10.5 Å². The van der Waals surface area contributed by atoms with Crippen LogP contribution in [0.15, 0.2) is 40.9 Å². The van der Waals surface area contributed by atoms with E-state index in [9.17, 15) is 14.9 Å². The van der Waals surface area contributed by atoms with E-state index in [-0.39, 0.29) is 17.2 Å². The number of nitro benzene ring substituents is 1. The largest absolute Gasteiger partial charge is 0.449 e. The van der Waals surface area contributed by atoms with Crippen molar-refractivity contribution in [2.24, 2.45) is 0 Å². The predicted octanol–water partition coefficient (Wildman–Crippen LogP) is 4.27. The summed E-state index contributed by atoms with van der Waals surface area (Å²) in [6.45, 7) is 1.80. The van der Waals surface area contributed by atoms with Crippen LogP contribution < -0.4 is 4.74 Å². The van der Waals surface area contributed by atoms with E-state index in [1.807, 2.05) is 0 Å². The van der Waals surface area contributed by atoms with Gasteiger partial charge in [0.15, 0.2) is 6.29 Å². The number of nitrogens with zero attached hydrogens (tertiary/aromatic N) is 1. The minimum absolute atomic E-state index is 0.108. The molecule has 0 radical (unpaired) electrons. The number of ether oxygens (including phenoxy) is 1. The highest BCUT2D eigenvalue weighted by molar-refractivity contribution is 9.10. The van der Waals surface area contributed by atoms with E-state index in [1.165, 1.54) is 6.07 Å². The Morgan fingerprint density at radius 3 is 2.60 bits per heavy atom. The summed E-state index contributed by atoms with van der Waals surface area (Å²) < 4.78 is 6.27. The first kappa shape index (κ1) is 14.2. The van der Waals surface area contributed by atoms with Crippen molar-refractivity contribution >= 4 is 27.9 Å². The molecule has 0 bridgehead atoms. The zero-order valence-corrected chi connectivity index (χ0v) is 12.1. The monoisotopic (exact) mass is 335 g/mol. The summed E-state index contributed by atoms with van der Waals surface area (Å²) in [5.41, 5.74) is 1.00. The summed E-state index contributed by atoms with van der Waals surface area (Å²) in [7, 11) is 0. The standard InChI is InChI=1S/C14H10BrNO4/c1-9-2-5-12(16(18)19)14(6-9)20-13-7-11(15)4-3-10(13)8-17/h2-8H,1H3. The molecular formula is C14H10BrNO4. The molecule has 2 aromatic carbocycles. The van der Waals surface area contributed by atoms with E-state index in [1.54, 1.807) is 37.3 Å². The van der Waals surface area contributed by atoms with Gasteiger partial charge in [-0.25, -0.2) is 0 Å². The van der Waals surface area contributed by atoms with Gasteiger partial charge >= 0.3 is 5.69 Å². The van der Waals surface area contributed by atoms with Gasteiger partial charge in [0.25, 0.3) is 0 Å². The van der Waals surface area contributed by atoms with E-state index in [0.717, 1.165) is 5.56 Å². The van der Waals surface area contributed by atoms with Crippen molar-refractivity contribution in [3.63, 3.8) is 0 Å². The first-order chi connectivity index (χ1) is 9.51. The van der Waals surface area contributed by atoms with Crippen LogP contribution in [0.3, 0.4) is 0 Å². The Morgan fingerprint density at radius 1 is 1.20 bits per heavy atom. The van der Waals surface area contributed by atoms with E-state index in [2.05, 4.69) is 15.9 Å². The molecule has 0 heterocycles. The molecule has 2 rings (SSSR count). The van der Waals surface area contributed by atoms with Crippen molar-refractivity contribution in [1.82, 2.24) is 0 Å². The van der Waals surface area contributed by atoms with Crippen LogP contribution in [0.25, 0.3) is 0 Å². The van der Waals surface area contributed by atoms with Crippen molar-refractivity contribution in [3.8, 4) is 11.5 Å².